The monoisotopic (exact) mass is 419 g/mol. The fourth-order valence-electron chi connectivity index (χ4n) is 4.12. The Morgan fingerprint density at radius 1 is 1.26 bits per heavy atom. The van der Waals surface area contributed by atoms with Crippen LogP contribution in [0, 0.1) is 19.7 Å². The van der Waals surface area contributed by atoms with Gasteiger partial charge in [-0.2, -0.15) is 0 Å². The number of halogens is 1. The number of aryl methyl sites for hydroxylation is 2. The van der Waals surface area contributed by atoms with Crippen molar-refractivity contribution in [3.63, 3.8) is 0 Å². The third kappa shape index (κ3) is 3.56. The molecule has 6 nitrogen and oxygen atoms in total. The summed E-state index contributed by atoms with van der Waals surface area (Å²) in [6.45, 7) is 5.09. The van der Waals surface area contributed by atoms with E-state index in [-0.39, 0.29) is 11.7 Å². The highest BCUT2D eigenvalue weighted by atomic mass is 19.1. The number of benzene rings is 2. The molecule has 3 heterocycles. The van der Waals surface area contributed by atoms with E-state index in [4.69, 9.17) is 9.26 Å². The van der Waals surface area contributed by atoms with Crippen LogP contribution in [0.2, 0.25) is 0 Å². The Morgan fingerprint density at radius 3 is 2.94 bits per heavy atom. The summed E-state index contributed by atoms with van der Waals surface area (Å²) in [5.41, 5.74) is 5.22. The van der Waals surface area contributed by atoms with Crippen molar-refractivity contribution >= 4 is 16.8 Å². The molecule has 7 heteroatoms. The van der Waals surface area contributed by atoms with Gasteiger partial charge in [0.2, 0.25) is 0 Å². The summed E-state index contributed by atoms with van der Waals surface area (Å²) in [5.74, 6) is 0.988. The van der Waals surface area contributed by atoms with Crippen LogP contribution in [0.3, 0.4) is 0 Å². The predicted octanol–water partition coefficient (Wildman–Crippen LogP) is 4.69. The van der Waals surface area contributed by atoms with Crippen molar-refractivity contribution in [2.24, 2.45) is 0 Å². The average Bonchev–Trinajstić information content (AvgIpc) is 3.30. The van der Waals surface area contributed by atoms with Crippen LogP contribution in [0.25, 0.3) is 10.9 Å². The van der Waals surface area contributed by atoms with E-state index in [0.29, 0.717) is 37.4 Å². The summed E-state index contributed by atoms with van der Waals surface area (Å²) in [7, 11) is 0. The van der Waals surface area contributed by atoms with Gasteiger partial charge in [0, 0.05) is 47.2 Å². The normalized spacial score (nSPS) is 13.5. The van der Waals surface area contributed by atoms with E-state index in [1.807, 2.05) is 26.0 Å². The number of rotatable bonds is 4. The Morgan fingerprint density at radius 2 is 2.13 bits per heavy atom. The number of nitrogens with one attached hydrogen (secondary N) is 1. The van der Waals surface area contributed by atoms with Crippen LogP contribution in [0.4, 0.5) is 4.39 Å². The number of aromatic amines is 1. The molecule has 0 bridgehead atoms. The van der Waals surface area contributed by atoms with Gasteiger partial charge >= 0.3 is 0 Å². The molecular weight excluding hydrogens is 397 g/mol. The first-order chi connectivity index (χ1) is 15.0. The number of carbonyl (C=O) groups is 1. The van der Waals surface area contributed by atoms with Crippen molar-refractivity contribution < 1.29 is 18.4 Å². The van der Waals surface area contributed by atoms with E-state index in [0.717, 1.165) is 39.2 Å². The lowest BCUT2D eigenvalue weighted by atomic mass is 10.0. The second-order valence-corrected chi connectivity index (χ2v) is 7.87. The minimum atomic E-state index is -0.277. The number of fused-ring (bicyclic) bond motifs is 3. The zero-order chi connectivity index (χ0) is 21.5. The second kappa shape index (κ2) is 7.58. The van der Waals surface area contributed by atoms with Crippen molar-refractivity contribution in [2.75, 3.05) is 6.54 Å². The highest BCUT2D eigenvalue weighted by molar-refractivity contribution is 5.95. The highest BCUT2D eigenvalue weighted by Crippen LogP contribution is 2.29. The van der Waals surface area contributed by atoms with E-state index in [1.165, 1.54) is 12.1 Å². The third-order valence-electron chi connectivity index (χ3n) is 5.87. The molecule has 0 saturated carbocycles. The molecule has 31 heavy (non-hydrogen) atoms. The zero-order valence-corrected chi connectivity index (χ0v) is 17.4. The number of nitrogens with zero attached hydrogens (tertiary/aromatic N) is 2. The Hall–Kier alpha value is -3.61. The minimum Gasteiger partial charge on any atom is -0.489 e. The molecule has 2 aromatic carbocycles. The van der Waals surface area contributed by atoms with Gasteiger partial charge in [-0.3, -0.25) is 4.79 Å². The molecule has 0 saturated heterocycles. The van der Waals surface area contributed by atoms with Gasteiger partial charge in [0.15, 0.2) is 0 Å². The first-order valence-electron chi connectivity index (χ1n) is 10.2. The van der Waals surface area contributed by atoms with Crippen LogP contribution in [0.15, 0.2) is 47.0 Å². The number of amides is 1. The smallest absolute Gasteiger partial charge is 0.254 e. The molecule has 5 rings (SSSR count). The fourth-order valence-corrected chi connectivity index (χ4v) is 4.12. The average molecular weight is 419 g/mol. The van der Waals surface area contributed by atoms with Crippen LogP contribution < -0.4 is 4.74 Å². The number of hydrogen-bond acceptors (Lipinski definition) is 4. The molecule has 4 aromatic rings. The van der Waals surface area contributed by atoms with Gasteiger partial charge in [-0.25, -0.2) is 4.39 Å². The van der Waals surface area contributed by atoms with Crippen molar-refractivity contribution in [3.05, 3.63) is 82.1 Å². The summed E-state index contributed by atoms with van der Waals surface area (Å²) in [6, 6.07) is 11.9. The van der Waals surface area contributed by atoms with E-state index in [1.54, 1.807) is 23.1 Å². The lowest BCUT2D eigenvalue weighted by molar-refractivity contribution is 0.0734. The lowest BCUT2D eigenvalue weighted by Gasteiger charge is -2.27. The molecule has 0 aliphatic carbocycles. The van der Waals surface area contributed by atoms with Gasteiger partial charge in [-0.1, -0.05) is 11.2 Å². The molecule has 0 fully saturated rings. The topological polar surface area (TPSA) is 71.4 Å². The van der Waals surface area contributed by atoms with E-state index < -0.39 is 0 Å². The number of ether oxygens (including phenoxy) is 1. The van der Waals surface area contributed by atoms with Gasteiger partial charge in [0.25, 0.3) is 5.91 Å². The number of aromatic nitrogens is 2. The summed E-state index contributed by atoms with van der Waals surface area (Å²) in [5, 5.41) is 4.77. The largest absolute Gasteiger partial charge is 0.489 e. The Kier molecular flexibility index (Phi) is 4.73. The first kappa shape index (κ1) is 19.4. The minimum absolute atomic E-state index is 0.0702. The fraction of sp³-hybridized carbons (Fsp3) is 0.250. The summed E-state index contributed by atoms with van der Waals surface area (Å²) in [6.07, 6.45) is 0.708. The van der Waals surface area contributed by atoms with Gasteiger partial charge in [-0.05, 0) is 50.2 Å². The van der Waals surface area contributed by atoms with E-state index >= 15 is 0 Å². The zero-order valence-electron chi connectivity index (χ0n) is 17.4. The molecule has 0 spiro atoms. The third-order valence-corrected chi connectivity index (χ3v) is 5.87. The van der Waals surface area contributed by atoms with Crippen molar-refractivity contribution in [2.45, 2.75) is 33.4 Å². The van der Waals surface area contributed by atoms with Crippen LogP contribution in [0.1, 0.15) is 38.6 Å². The standard InChI is InChI=1S/C24H22FN3O3/c1-14-21(15(2)31-27-14)13-30-18-5-3-4-16(10-18)24(29)28-9-8-23-20(12-28)19-11-17(25)6-7-22(19)26-23/h3-7,10-11,26H,8-9,12-13H2,1-2H3. The number of hydrogen-bond donors (Lipinski definition) is 1. The van der Waals surface area contributed by atoms with Gasteiger partial charge in [0.1, 0.15) is 23.9 Å². The molecule has 1 N–H and O–H groups in total. The lowest BCUT2D eigenvalue weighted by Crippen LogP contribution is -2.35. The second-order valence-electron chi connectivity index (χ2n) is 7.87. The van der Waals surface area contributed by atoms with Crippen molar-refractivity contribution in [1.29, 1.82) is 0 Å². The molecular formula is C24H22FN3O3. The molecule has 158 valence electrons. The molecule has 2 aromatic heterocycles. The summed E-state index contributed by atoms with van der Waals surface area (Å²) < 4.78 is 24.8. The Labute approximate surface area is 178 Å². The van der Waals surface area contributed by atoms with Gasteiger partial charge in [0.05, 0.1) is 11.3 Å². The van der Waals surface area contributed by atoms with Crippen LogP contribution in [0.5, 0.6) is 5.75 Å². The van der Waals surface area contributed by atoms with Gasteiger partial charge < -0.3 is 19.1 Å². The van der Waals surface area contributed by atoms with Crippen molar-refractivity contribution in [3.8, 4) is 5.75 Å². The summed E-state index contributed by atoms with van der Waals surface area (Å²) in [4.78, 5) is 18.3. The Balaban J connectivity index is 1.34. The quantitative estimate of drug-likeness (QED) is 0.521. The first-order valence-corrected chi connectivity index (χ1v) is 10.2. The highest BCUT2D eigenvalue weighted by Gasteiger charge is 2.25. The molecule has 1 aliphatic heterocycles. The predicted molar refractivity (Wildman–Crippen MR) is 113 cm³/mol. The molecule has 0 atom stereocenters. The molecule has 1 aliphatic rings. The number of H-pyrrole nitrogens is 1. The maximum atomic E-state index is 13.8. The summed E-state index contributed by atoms with van der Waals surface area (Å²) >= 11 is 0. The van der Waals surface area contributed by atoms with E-state index in [9.17, 15) is 9.18 Å². The number of carbonyl (C=O) groups excluding carboxylic acids is 1. The van der Waals surface area contributed by atoms with Gasteiger partial charge in [-0.15, -0.1) is 0 Å². The maximum absolute atomic E-state index is 13.8. The molecule has 1 amide bonds. The Bertz CT molecular complexity index is 1270. The SMILES string of the molecule is Cc1noc(C)c1COc1cccc(C(=O)N2CCc3[nH]c4ccc(F)cc4c3C2)c1. The maximum Gasteiger partial charge on any atom is 0.254 e. The van der Waals surface area contributed by atoms with E-state index in [2.05, 4.69) is 10.1 Å². The van der Waals surface area contributed by atoms with Crippen LogP contribution in [-0.4, -0.2) is 27.5 Å². The van der Waals surface area contributed by atoms with Crippen LogP contribution >= 0.6 is 0 Å². The molecule has 0 radical (unpaired) electrons. The molecule has 0 unspecified atom stereocenters. The van der Waals surface area contributed by atoms with Crippen LogP contribution in [-0.2, 0) is 19.6 Å². The van der Waals surface area contributed by atoms with Crippen molar-refractivity contribution in [1.82, 2.24) is 15.0 Å².